The van der Waals surface area contributed by atoms with Crippen molar-refractivity contribution in [2.24, 2.45) is 0 Å². The second kappa shape index (κ2) is 9.41. The number of carboxylic acid groups (broad SMARTS) is 1. The maximum Gasteiger partial charge on any atom is 0.303 e. The molecule has 1 amide bonds. The molecule has 18 heavy (non-hydrogen) atoms. The number of hydrogen-bond donors (Lipinski definition) is 4. The average molecular weight is 259 g/mol. The van der Waals surface area contributed by atoms with E-state index in [9.17, 15) is 9.59 Å². The van der Waals surface area contributed by atoms with Gasteiger partial charge in [-0.05, 0) is 6.42 Å². The van der Waals surface area contributed by atoms with Crippen molar-refractivity contribution in [3.05, 3.63) is 0 Å². The SMILES string of the molecule is C#CCOCCC(=O)NC(CCC(=O)O)C(O)O. The molecule has 0 radical (unpaired) electrons. The van der Waals surface area contributed by atoms with Crippen LogP contribution in [0.25, 0.3) is 0 Å². The molecule has 0 saturated heterocycles. The Balaban J connectivity index is 3.96. The van der Waals surface area contributed by atoms with E-state index in [-0.39, 0.29) is 32.5 Å². The molecule has 0 aromatic carbocycles. The lowest BCUT2D eigenvalue weighted by Crippen LogP contribution is -2.43. The fourth-order valence-electron chi connectivity index (χ4n) is 1.15. The molecule has 0 rings (SSSR count). The van der Waals surface area contributed by atoms with Crippen LogP contribution in [-0.4, -0.2) is 52.7 Å². The number of carbonyl (C=O) groups is 2. The smallest absolute Gasteiger partial charge is 0.303 e. The van der Waals surface area contributed by atoms with E-state index in [1.54, 1.807) is 0 Å². The summed E-state index contributed by atoms with van der Waals surface area (Å²) in [6.45, 7) is 0.210. The van der Waals surface area contributed by atoms with E-state index >= 15 is 0 Å². The standard InChI is InChI=1S/C11H17NO6/c1-2-6-18-7-5-9(13)12-8(11(16)17)3-4-10(14)15/h1,8,11,16-17H,3-7H2,(H,12,13)(H,14,15). The summed E-state index contributed by atoms with van der Waals surface area (Å²) < 4.78 is 4.88. The summed E-state index contributed by atoms with van der Waals surface area (Å²) >= 11 is 0. The second-order valence-electron chi connectivity index (χ2n) is 3.53. The summed E-state index contributed by atoms with van der Waals surface area (Å²) in [7, 11) is 0. The highest BCUT2D eigenvalue weighted by Gasteiger charge is 2.19. The van der Waals surface area contributed by atoms with E-state index in [4.69, 9.17) is 26.5 Å². The van der Waals surface area contributed by atoms with Gasteiger partial charge in [-0.25, -0.2) is 0 Å². The maximum atomic E-state index is 11.4. The van der Waals surface area contributed by atoms with Gasteiger partial charge in [0.15, 0.2) is 6.29 Å². The first-order valence-corrected chi connectivity index (χ1v) is 5.36. The third-order valence-corrected chi connectivity index (χ3v) is 2.03. The highest BCUT2D eigenvalue weighted by molar-refractivity contribution is 5.76. The predicted molar refractivity (Wildman–Crippen MR) is 61.3 cm³/mol. The summed E-state index contributed by atoms with van der Waals surface area (Å²) in [5.41, 5.74) is 0. The number of rotatable bonds is 9. The minimum atomic E-state index is -1.81. The van der Waals surface area contributed by atoms with Crippen molar-refractivity contribution >= 4 is 11.9 Å². The fourth-order valence-corrected chi connectivity index (χ4v) is 1.15. The highest BCUT2D eigenvalue weighted by atomic mass is 16.5. The van der Waals surface area contributed by atoms with Gasteiger partial charge >= 0.3 is 5.97 Å². The molecular weight excluding hydrogens is 242 g/mol. The molecule has 0 heterocycles. The van der Waals surface area contributed by atoms with Crippen molar-refractivity contribution in [3.63, 3.8) is 0 Å². The lowest BCUT2D eigenvalue weighted by Gasteiger charge is -2.19. The minimum Gasteiger partial charge on any atom is -0.481 e. The Morgan fingerprint density at radius 2 is 2.00 bits per heavy atom. The van der Waals surface area contributed by atoms with Gasteiger partial charge in [0, 0.05) is 6.42 Å². The number of carboxylic acids is 1. The number of nitrogens with one attached hydrogen (secondary N) is 1. The van der Waals surface area contributed by atoms with Crippen LogP contribution in [-0.2, 0) is 14.3 Å². The number of amides is 1. The Morgan fingerprint density at radius 3 is 2.50 bits per heavy atom. The summed E-state index contributed by atoms with van der Waals surface area (Å²) in [5.74, 6) is 0.695. The number of carbonyl (C=O) groups excluding carboxylic acids is 1. The zero-order valence-electron chi connectivity index (χ0n) is 9.83. The van der Waals surface area contributed by atoms with Crippen LogP contribution in [0.5, 0.6) is 0 Å². The largest absolute Gasteiger partial charge is 0.481 e. The van der Waals surface area contributed by atoms with E-state index in [2.05, 4.69) is 11.2 Å². The van der Waals surface area contributed by atoms with Crippen molar-refractivity contribution in [1.29, 1.82) is 0 Å². The molecule has 7 heteroatoms. The second-order valence-corrected chi connectivity index (χ2v) is 3.53. The Morgan fingerprint density at radius 1 is 1.33 bits per heavy atom. The summed E-state index contributed by atoms with van der Waals surface area (Å²) in [4.78, 5) is 21.7. The number of aliphatic carboxylic acids is 1. The first kappa shape index (κ1) is 16.4. The van der Waals surface area contributed by atoms with E-state index < -0.39 is 24.2 Å². The zero-order chi connectivity index (χ0) is 14.0. The summed E-state index contributed by atoms with van der Waals surface area (Å²) in [6, 6.07) is -1.01. The van der Waals surface area contributed by atoms with Crippen LogP contribution in [0.3, 0.4) is 0 Å². The van der Waals surface area contributed by atoms with Crippen LogP contribution >= 0.6 is 0 Å². The summed E-state index contributed by atoms with van der Waals surface area (Å²) in [6.07, 6.45) is 2.81. The molecule has 0 spiro atoms. The van der Waals surface area contributed by atoms with Crippen molar-refractivity contribution < 1.29 is 29.6 Å². The molecule has 0 fully saturated rings. The lowest BCUT2D eigenvalue weighted by atomic mass is 10.1. The van der Waals surface area contributed by atoms with Crippen molar-refractivity contribution in [2.75, 3.05) is 13.2 Å². The van der Waals surface area contributed by atoms with Gasteiger partial charge in [0.05, 0.1) is 19.1 Å². The first-order chi connectivity index (χ1) is 8.47. The van der Waals surface area contributed by atoms with Crippen LogP contribution in [0, 0.1) is 12.3 Å². The van der Waals surface area contributed by atoms with Gasteiger partial charge in [0.2, 0.25) is 5.91 Å². The molecule has 0 aromatic rings. The highest BCUT2D eigenvalue weighted by Crippen LogP contribution is 2.02. The van der Waals surface area contributed by atoms with Crippen molar-refractivity contribution in [2.45, 2.75) is 31.6 Å². The van der Waals surface area contributed by atoms with Gasteiger partial charge in [-0.2, -0.15) is 0 Å². The van der Waals surface area contributed by atoms with Gasteiger partial charge in [0.25, 0.3) is 0 Å². The van der Waals surface area contributed by atoms with Crippen LogP contribution in [0.4, 0.5) is 0 Å². The quantitative estimate of drug-likeness (QED) is 0.232. The van der Waals surface area contributed by atoms with Gasteiger partial charge < -0.3 is 25.4 Å². The lowest BCUT2D eigenvalue weighted by molar-refractivity contribution is -0.139. The monoisotopic (exact) mass is 259 g/mol. The van der Waals surface area contributed by atoms with E-state index in [0.29, 0.717) is 0 Å². The maximum absolute atomic E-state index is 11.4. The summed E-state index contributed by atoms with van der Waals surface area (Å²) in [5, 5.41) is 28.7. The average Bonchev–Trinajstić information content (AvgIpc) is 2.29. The first-order valence-electron chi connectivity index (χ1n) is 5.36. The molecule has 0 saturated carbocycles. The molecule has 1 atom stereocenters. The molecule has 102 valence electrons. The molecular formula is C11H17NO6. The molecule has 0 bridgehead atoms. The van der Waals surface area contributed by atoms with E-state index in [1.807, 2.05) is 0 Å². The van der Waals surface area contributed by atoms with E-state index in [1.165, 1.54) is 0 Å². The van der Waals surface area contributed by atoms with Gasteiger partial charge in [-0.15, -0.1) is 6.42 Å². The molecule has 1 unspecified atom stereocenters. The van der Waals surface area contributed by atoms with Gasteiger partial charge in [-0.1, -0.05) is 5.92 Å². The van der Waals surface area contributed by atoms with Crippen molar-refractivity contribution in [1.82, 2.24) is 5.32 Å². The molecule has 0 aliphatic rings. The van der Waals surface area contributed by atoms with E-state index in [0.717, 1.165) is 0 Å². The number of ether oxygens (including phenoxy) is 1. The van der Waals surface area contributed by atoms with Gasteiger partial charge in [-0.3, -0.25) is 9.59 Å². The third-order valence-electron chi connectivity index (χ3n) is 2.03. The molecule has 4 N–H and O–H groups in total. The Kier molecular flexibility index (Phi) is 8.57. The predicted octanol–water partition coefficient (Wildman–Crippen LogP) is -1.31. The fraction of sp³-hybridized carbons (Fsp3) is 0.636. The number of terminal acetylenes is 1. The number of aliphatic hydroxyl groups excluding tert-OH is 1. The topological polar surface area (TPSA) is 116 Å². The van der Waals surface area contributed by atoms with Crippen LogP contribution < -0.4 is 5.32 Å². The van der Waals surface area contributed by atoms with Crippen LogP contribution in [0.15, 0.2) is 0 Å². The van der Waals surface area contributed by atoms with Gasteiger partial charge in [0.1, 0.15) is 6.61 Å². The normalized spacial score (nSPS) is 11.9. The van der Waals surface area contributed by atoms with Crippen LogP contribution in [0.1, 0.15) is 19.3 Å². The Bertz CT molecular complexity index is 309. The number of hydrogen-bond acceptors (Lipinski definition) is 5. The molecule has 0 aliphatic heterocycles. The Labute approximate surface area is 105 Å². The van der Waals surface area contributed by atoms with Crippen LogP contribution in [0.2, 0.25) is 0 Å². The molecule has 7 nitrogen and oxygen atoms in total. The van der Waals surface area contributed by atoms with Crippen molar-refractivity contribution in [3.8, 4) is 12.3 Å². The zero-order valence-corrected chi connectivity index (χ0v) is 9.83. The Hall–Kier alpha value is -1.62. The third kappa shape index (κ3) is 8.52. The molecule has 0 aliphatic carbocycles. The molecule has 0 aromatic heterocycles. The number of aliphatic hydroxyl groups is 2. The minimum absolute atomic E-state index is 0.0119.